The number of methoxy groups -OCH3 is 1. The zero-order valence-electron chi connectivity index (χ0n) is 26.2. The molecule has 1 saturated heterocycles. The number of likely N-dealkylation sites (tertiary alicyclic amines) is 1. The van der Waals surface area contributed by atoms with Gasteiger partial charge in [0.1, 0.15) is 5.52 Å². The van der Waals surface area contributed by atoms with Gasteiger partial charge in [0.05, 0.1) is 40.0 Å². The van der Waals surface area contributed by atoms with Crippen LogP contribution in [0, 0.1) is 11.7 Å². The number of aromatic nitrogens is 4. The maximum Gasteiger partial charge on any atom is 0.308 e. The number of rotatable bonds is 10. The number of alkyl halides is 2. The highest BCUT2D eigenvalue weighted by Crippen LogP contribution is 2.42. The summed E-state index contributed by atoms with van der Waals surface area (Å²) in [6.07, 6.45) is 2.97. The van der Waals surface area contributed by atoms with Crippen molar-refractivity contribution in [3.63, 3.8) is 0 Å². The van der Waals surface area contributed by atoms with Crippen LogP contribution in [0.3, 0.4) is 0 Å². The van der Waals surface area contributed by atoms with E-state index in [1.807, 2.05) is 0 Å². The molecule has 1 aliphatic heterocycles. The highest BCUT2D eigenvalue weighted by Gasteiger charge is 2.26. The Morgan fingerprint density at radius 1 is 1.02 bits per heavy atom. The molecule has 0 radical (unpaired) electrons. The zero-order chi connectivity index (χ0) is 34.7. The topological polar surface area (TPSA) is 105 Å². The van der Waals surface area contributed by atoms with E-state index in [2.05, 4.69) is 42.0 Å². The molecule has 0 spiro atoms. The molecule has 1 aliphatic rings. The number of carbonyl (C=O) groups excluding carboxylic acids is 1. The van der Waals surface area contributed by atoms with Crippen molar-refractivity contribution in [2.75, 3.05) is 30.8 Å². The number of anilines is 4. The zero-order valence-corrected chi connectivity index (χ0v) is 27.7. The van der Waals surface area contributed by atoms with Crippen LogP contribution in [0.5, 0.6) is 0 Å². The Bertz CT molecular complexity index is 2040. The van der Waals surface area contributed by atoms with E-state index in [0.717, 1.165) is 0 Å². The predicted octanol–water partition coefficient (Wildman–Crippen LogP) is 8.99. The Balaban J connectivity index is 1.25. The fourth-order valence-electron chi connectivity index (χ4n) is 5.70. The molecule has 1 fully saturated rings. The summed E-state index contributed by atoms with van der Waals surface area (Å²) in [7, 11) is 1.38. The van der Waals surface area contributed by atoms with Crippen molar-refractivity contribution in [3.05, 3.63) is 100 Å². The molecule has 14 heteroatoms. The highest BCUT2D eigenvalue weighted by atomic mass is 35.5. The average molecular weight is 709 g/mol. The third-order valence-electron chi connectivity index (χ3n) is 8.28. The summed E-state index contributed by atoms with van der Waals surface area (Å²) in [5.74, 6) is -1.50. The van der Waals surface area contributed by atoms with Gasteiger partial charge in [-0.25, -0.2) is 28.1 Å². The summed E-state index contributed by atoms with van der Waals surface area (Å²) in [6.45, 7) is 5.33. The summed E-state index contributed by atoms with van der Waals surface area (Å²) in [4.78, 5) is 30.5. The van der Waals surface area contributed by atoms with Gasteiger partial charge in [-0.3, -0.25) is 14.7 Å². The van der Waals surface area contributed by atoms with Crippen LogP contribution in [0.4, 0.5) is 36.2 Å². The van der Waals surface area contributed by atoms with Crippen molar-refractivity contribution in [3.8, 4) is 11.1 Å². The Morgan fingerprint density at radius 2 is 1.67 bits per heavy atom. The van der Waals surface area contributed by atoms with E-state index >= 15 is 4.39 Å². The van der Waals surface area contributed by atoms with Gasteiger partial charge in [0, 0.05) is 35.6 Å². The van der Waals surface area contributed by atoms with Crippen LogP contribution in [0.15, 0.2) is 67.5 Å². The molecule has 6 rings (SSSR count). The number of fused-ring (bicyclic) bond motifs is 1. The molecule has 0 aliphatic carbocycles. The first-order valence-electron chi connectivity index (χ1n) is 15.3. The van der Waals surface area contributed by atoms with Gasteiger partial charge in [-0.1, -0.05) is 60.1 Å². The molecule has 0 amide bonds. The minimum atomic E-state index is -2.92. The third kappa shape index (κ3) is 7.31. The first-order valence-corrected chi connectivity index (χ1v) is 16.1. The highest BCUT2D eigenvalue weighted by molar-refractivity contribution is 6.39. The molecule has 2 aromatic carbocycles. The molecule has 0 saturated carbocycles. The van der Waals surface area contributed by atoms with Gasteiger partial charge in [-0.15, -0.1) is 0 Å². The lowest BCUT2D eigenvalue weighted by Crippen LogP contribution is -2.36. The second-order valence-electron chi connectivity index (χ2n) is 11.4. The lowest BCUT2D eigenvalue weighted by molar-refractivity contribution is -0.147. The minimum absolute atomic E-state index is 0.0000894. The monoisotopic (exact) mass is 707 g/mol. The van der Waals surface area contributed by atoms with Crippen LogP contribution in [0.1, 0.15) is 36.2 Å². The fraction of sp³-hybridized carbons (Fsp3) is 0.229. The van der Waals surface area contributed by atoms with Crippen molar-refractivity contribution in [2.24, 2.45) is 5.92 Å². The van der Waals surface area contributed by atoms with E-state index in [0.29, 0.717) is 66.1 Å². The normalized spacial score (nSPS) is 13.9. The number of halogens is 5. The number of piperidine rings is 1. The van der Waals surface area contributed by atoms with Gasteiger partial charge in [0.2, 0.25) is 0 Å². The van der Waals surface area contributed by atoms with Gasteiger partial charge in [0.25, 0.3) is 6.43 Å². The number of hydrogen-bond donors (Lipinski definition) is 2. The minimum Gasteiger partial charge on any atom is -0.469 e. The summed E-state index contributed by atoms with van der Waals surface area (Å²) < 4.78 is 48.0. The number of benzene rings is 2. The number of nitrogens with zero attached hydrogens (tertiary/aromatic N) is 5. The Hall–Kier alpha value is -4.78. The maximum atomic E-state index is 15.7. The first-order chi connectivity index (χ1) is 23.7. The smallest absolute Gasteiger partial charge is 0.308 e. The van der Waals surface area contributed by atoms with Gasteiger partial charge in [-0.05, 0) is 55.8 Å². The van der Waals surface area contributed by atoms with Crippen LogP contribution < -0.4 is 10.6 Å². The van der Waals surface area contributed by atoms with Crippen molar-refractivity contribution < 1.29 is 22.7 Å². The van der Waals surface area contributed by atoms with Crippen molar-refractivity contribution in [1.29, 1.82) is 0 Å². The van der Waals surface area contributed by atoms with E-state index in [-0.39, 0.29) is 44.6 Å². The summed E-state index contributed by atoms with van der Waals surface area (Å²) in [5, 5.41) is 6.55. The molecule has 5 aromatic rings. The van der Waals surface area contributed by atoms with E-state index in [1.165, 1.54) is 25.6 Å². The lowest BCUT2D eigenvalue weighted by atomic mass is 9.96. The quantitative estimate of drug-likeness (QED) is 0.138. The second kappa shape index (κ2) is 14.8. The van der Waals surface area contributed by atoms with Gasteiger partial charge < -0.3 is 15.4 Å². The Kier molecular flexibility index (Phi) is 10.3. The fourth-order valence-corrected chi connectivity index (χ4v) is 6.25. The number of hydrogen-bond acceptors (Lipinski definition) is 9. The average Bonchev–Trinajstić information content (AvgIpc) is 3.11. The number of nitrogens with one attached hydrogen (secondary N) is 2. The molecular formula is C35H30Cl2F3N7O2. The second-order valence-corrected chi connectivity index (χ2v) is 12.1. The Morgan fingerprint density at radius 3 is 2.29 bits per heavy atom. The van der Waals surface area contributed by atoms with E-state index in [4.69, 9.17) is 27.9 Å². The van der Waals surface area contributed by atoms with Crippen molar-refractivity contribution >= 4 is 69.3 Å². The van der Waals surface area contributed by atoms with Crippen LogP contribution in [-0.4, -0.2) is 51.0 Å². The molecular weight excluding hydrogens is 678 g/mol. The maximum absolute atomic E-state index is 15.7. The van der Waals surface area contributed by atoms with E-state index < -0.39 is 18.1 Å². The molecule has 4 heterocycles. The SMILES string of the molecule is C=Cc1cnc2c(Nc3cccc(-c4cccc(Nc5nccc(CN6CCC(C(=O)OC)CC6)c5F)c4Cl)c3Cl)nc(C(F)F)nc2c1. The number of esters is 1. The van der Waals surface area contributed by atoms with Crippen molar-refractivity contribution in [1.82, 2.24) is 24.8 Å². The van der Waals surface area contributed by atoms with Crippen LogP contribution in [0.25, 0.3) is 28.2 Å². The number of ether oxygens (including phenoxy) is 1. The van der Waals surface area contributed by atoms with Gasteiger partial charge >= 0.3 is 5.97 Å². The number of pyridine rings is 2. The lowest BCUT2D eigenvalue weighted by Gasteiger charge is -2.30. The third-order valence-corrected chi connectivity index (χ3v) is 9.10. The van der Waals surface area contributed by atoms with Crippen molar-refractivity contribution in [2.45, 2.75) is 25.8 Å². The molecule has 0 bridgehead atoms. The summed E-state index contributed by atoms with van der Waals surface area (Å²) in [6, 6.07) is 13.5. The van der Waals surface area contributed by atoms with Gasteiger partial charge in [0.15, 0.2) is 23.3 Å². The predicted molar refractivity (Wildman–Crippen MR) is 185 cm³/mol. The Labute approximate surface area is 290 Å². The van der Waals surface area contributed by atoms with E-state index in [1.54, 1.807) is 48.5 Å². The van der Waals surface area contributed by atoms with Crippen LogP contribution in [-0.2, 0) is 16.1 Å². The molecule has 9 nitrogen and oxygen atoms in total. The largest absolute Gasteiger partial charge is 0.469 e. The first kappa shape index (κ1) is 34.1. The molecule has 252 valence electrons. The summed E-state index contributed by atoms with van der Waals surface area (Å²) in [5.41, 5.74) is 3.34. The van der Waals surface area contributed by atoms with Crippen LogP contribution >= 0.6 is 23.2 Å². The molecule has 2 N–H and O–H groups in total. The summed E-state index contributed by atoms with van der Waals surface area (Å²) >= 11 is 13.8. The van der Waals surface area contributed by atoms with Gasteiger partial charge in [-0.2, -0.15) is 0 Å². The molecule has 49 heavy (non-hydrogen) atoms. The van der Waals surface area contributed by atoms with Crippen LogP contribution in [0.2, 0.25) is 10.0 Å². The number of carbonyl (C=O) groups is 1. The van der Waals surface area contributed by atoms with E-state index in [9.17, 15) is 13.6 Å². The molecule has 3 aromatic heterocycles. The molecule has 0 unspecified atom stereocenters. The molecule has 0 atom stereocenters. The standard InChI is InChI=1S/C35H30Cl2F3N7O2/c1-3-19-16-26-30(42-17-19)33(46-34(45-26)31(39)40)44-25-9-5-7-23(28(25)37)22-6-4-8-24(27(22)36)43-32-29(38)21(10-13-41-32)18-47-14-11-20(12-15-47)35(48)49-2/h3-10,13,16-17,20,31H,1,11-12,14-15,18H2,2H3,(H,41,43)(H,44,45,46).